The molecule has 0 bridgehead atoms. The second-order valence-electron chi connectivity index (χ2n) is 13.3. The van der Waals surface area contributed by atoms with Gasteiger partial charge in [-0.3, -0.25) is 9.59 Å². The minimum atomic E-state index is -2.31. The monoisotopic (exact) mass is 628 g/mol. The highest BCUT2D eigenvalue weighted by molar-refractivity contribution is 8.13. The van der Waals surface area contributed by atoms with Crippen molar-refractivity contribution in [3.8, 4) is 0 Å². The summed E-state index contributed by atoms with van der Waals surface area (Å²) in [4.78, 5) is 26.0. The summed E-state index contributed by atoms with van der Waals surface area (Å²) in [5, 5.41) is 11.1. The number of hydrogen-bond donors (Lipinski definition) is 2. The molecule has 0 unspecified atom stereocenters. The average molecular weight is 629 g/mol. The zero-order chi connectivity index (χ0) is 31.2. The number of carbonyl (C=O) groups is 2. The number of thioether (sulfide) groups is 1. The number of anilines is 1. The van der Waals surface area contributed by atoms with Crippen LogP contribution in [0.1, 0.15) is 50.5 Å². The molecule has 2 aromatic rings. The first-order valence-electron chi connectivity index (χ1n) is 14.9. The van der Waals surface area contributed by atoms with E-state index in [9.17, 15) is 19.1 Å². The molecular formula is C33H35F3N2O5S. The summed E-state index contributed by atoms with van der Waals surface area (Å²) in [6, 6.07) is 8.34. The van der Waals surface area contributed by atoms with Crippen LogP contribution in [-0.4, -0.2) is 56.2 Å². The Labute approximate surface area is 257 Å². The van der Waals surface area contributed by atoms with Gasteiger partial charge in [-0.2, -0.15) is 0 Å². The molecule has 7 rings (SSSR count). The molecule has 3 saturated carbocycles. The summed E-state index contributed by atoms with van der Waals surface area (Å²) in [7, 11) is 0. The number of fused-ring (bicyclic) bond motifs is 7. The Morgan fingerprint density at radius 3 is 2.77 bits per heavy atom. The van der Waals surface area contributed by atoms with Crippen LogP contribution in [0.25, 0.3) is 0 Å². The first-order chi connectivity index (χ1) is 20.9. The quantitative estimate of drug-likeness (QED) is 0.429. The van der Waals surface area contributed by atoms with Gasteiger partial charge in [0.25, 0.3) is 0 Å². The fourth-order valence-corrected chi connectivity index (χ4v) is 9.93. The predicted octanol–water partition coefficient (Wildman–Crippen LogP) is 5.39. The van der Waals surface area contributed by atoms with E-state index in [1.165, 1.54) is 19.1 Å². The topological polar surface area (TPSA) is 104 Å². The molecule has 1 saturated heterocycles. The first kappa shape index (κ1) is 29.8. The average Bonchev–Trinajstić information content (AvgIpc) is 3.65. The van der Waals surface area contributed by atoms with Gasteiger partial charge in [-0.25, -0.2) is 13.2 Å². The molecule has 44 heavy (non-hydrogen) atoms. The molecule has 0 amide bonds. The number of nitrogens with two attached hydrogens (primary N) is 1. The van der Waals surface area contributed by atoms with E-state index in [-0.39, 0.29) is 24.8 Å². The number of allylic oxidation sites excluding steroid dienone is 4. The van der Waals surface area contributed by atoms with Gasteiger partial charge in [0.05, 0.1) is 12.2 Å². The smallest absolute Gasteiger partial charge is 0.226 e. The highest BCUT2D eigenvalue weighted by atomic mass is 32.2. The van der Waals surface area contributed by atoms with Gasteiger partial charge in [0.2, 0.25) is 5.12 Å². The largest absolute Gasteiger partial charge is 0.399 e. The Balaban J connectivity index is 1.24. The van der Waals surface area contributed by atoms with Crippen molar-refractivity contribution in [2.45, 2.75) is 75.6 Å². The third kappa shape index (κ3) is 3.88. The molecule has 4 aliphatic carbocycles. The van der Waals surface area contributed by atoms with Crippen molar-refractivity contribution >= 4 is 28.3 Å². The Hall–Kier alpha value is -2.86. The normalized spacial score (nSPS) is 42.3. The van der Waals surface area contributed by atoms with Crippen LogP contribution in [0.2, 0.25) is 0 Å². The van der Waals surface area contributed by atoms with Crippen LogP contribution < -0.4 is 5.73 Å². The van der Waals surface area contributed by atoms with E-state index >= 15 is 8.78 Å². The lowest BCUT2D eigenvalue weighted by atomic mass is 9.44. The molecule has 5 aliphatic rings. The van der Waals surface area contributed by atoms with Crippen LogP contribution in [0, 0.1) is 22.7 Å². The maximum Gasteiger partial charge on any atom is 0.226 e. The first-order valence-corrected chi connectivity index (χ1v) is 15.9. The molecule has 0 spiro atoms. The van der Waals surface area contributed by atoms with Crippen LogP contribution in [0.5, 0.6) is 0 Å². The van der Waals surface area contributed by atoms with Gasteiger partial charge in [-0.05, 0) is 73.6 Å². The summed E-state index contributed by atoms with van der Waals surface area (Å²) >= 11 is 0.469. The number of halogens is 3. The summed E-state index contributed by atoms with van der Waals surface area (Å²) < 4.78 is 62.0. The molecule has 2 heterocycles. The van der Waals surface area contributed by atoms with Crippen molar-refractivity contribution in [1.82, 2.24) is 4.57 Å². The van der Waals surface area contributed by atoms with Gasteiger partial charge < -0.3 is 24.9 Å². The number of aromatic nitrogens is 1. The molecule has 4 fully saturated rings. The Morgan fingerprint density at radius 1 is 1.23 bits per heavy atom. The molecule has 10 atom stereocenters. The van der Waals surface area contributed by atoms with Gasteiger partial charge in [0.1, 0.15) is 12.2 Å². The molecule has 11 heteroatoms. The van der Waals surface area contributed by atoms with Gasteiger partial charge in [0, 0.05) is 46.9 Å². The number of aliphatic hydroxyl groups is 1. The molecular weight excluding hydrogens is 593 g/mol. The van der Waals surface area contributed by atoms with Crippen LogP contribution in [0.15, 0.2) is 66.5 Å². The number of aliphatic hydroxyl groups excluding tert-OH is 1. The van der Waals surface area contributed by atoms with Crippen molar-refractivity contribution in [3.63, 3.8) is 0 Å². The lowest BCUT2D eigenvalue weighted by Crippen LogP contribution is -2.70. The van der Waals surface area contributed by atoms with E-state index in [1.54, 1.807) is 6.92 Å². The van der Waals surface area contributed by atoms with E-state index in [1.807, 2.05) is 47.3 Å². The van der Waals surface area contributed by atoms with Crippen LogP contribution >= 0.6 is 11.8 Å². The fourth-order valence-electron chi connectivity index (χ4n) is 9.20. The molecule has 1 aromatic heterocycles. The fraction of sp³-hybridized carbons (Fsp3) is 0.515. The van der Waals surface area contributed by atoms with Crippen LogP contribution in [-0.2, 0) is 25.6 Å². The number of benzene rings is 1. The number of carbonyl (C=O) groups excluding carboxylic acids is 2. The van der Waals surface area contributed by atoms with Gasteiger partial charge >= 0.3 is 0 Å². The van der Waals surface area contributed by atoms with Crippen LogP contribution in [0.4, 0.5) is 18.9 Å². The predicted molar refractivity (Wildman–Crippen MR) is 158 cm³/mol. The molecule has 0 radical (unpaired) electrons. The van der Waals surface area contributed by atoms with E-state index < -0.39 is 75.5 Å². The van der Waals surface area contributed by atoms with Crippen molar-refractivity contribution in [2.24, 2.45) is 22.7 Å². The Kier molecular flexibility index (Phi) is 6.83. The van der Waals surface area contributed by atoms with Crippen molar-refractivity contribution in [3.05, 3.63) is 77.7 Å². The lowest BCUT2D eigenvalue weighted by molar-refractivity contribution is -0.232. The standard InChI is InChI=1S/C33H35F3N2O5S/c1-30-8-6-21(39)11-24(30)25(35)12-23-22-13-27-33(29(41)44-17-34,31(22,2)14-26(40)32(23,30)36)43-28(42-27)19-7-9-38(16-19)15-18-4-3-5-20(37)10-18/h3-11,16,22-23,25-28,40H,12-15,17,37H2,1-2H3/t22-,23-,25-,26-,27+,28+,30-,31-,32-,33-/m0/s1. The highest BCUT2D eigenvalue weighted by Gasteiger charge is 2.80. The molecule has 3 N–H and O–H groups in total. The number of nitrogen functional groups attached to an aromatic ring is 1. The molecule has 7 nitrogen and oxygen atoms in total. The van der Waals surface area contributed by atoms with Gasteiger partial charge in [-0.15, -0.1) is 0 Å². The Morgan fingerprint density at radius 2 is 2.02 bits per heavy atom. The number of ketones is 1. The number of nitrogens with zero attached hydrogens (tertiary/aromatic N) is 1. The summed E-state index contributed by atoms with van der Waals surface area (Å²) in [5.41, 5.74) is 1.49. The van der Waals surface area contributed by atoms with Gasteiger partial charge in [-0.1, -0.05) is 36.9 Å². The number of hydrogen-bond acceptors (Lipinski definition) is 7. The highest BCUT2D eigenvalue weighted by Crippen LogP contribution is 2.73. The number of alkyl halides is 3. The summed E-state index contributed by atoms with van der Waals surface area (Å²) in [6.07, 6.45) is 2.11. The third-order valence-electron chi connectivity index (χ3n) is 11.2. The SMILES string of the molecule is C[C@]12C=CC(=O)C=C1[C@@H](F)C[C@H]1[C@@H]3C[C@H]4O[C@@H](c5ccn(Cc6cccc(N)c6)c5)O[C@@]4(C(=O)SCF)[C@@]3(C)C[C@H](O)[C@@]12F. The minimum Gasteiger partial charge on any atom is -0.399 e. The molecule has 1 aromatic carbocycles. The molecule has 1 aliphatic heterocycles. The van der Waals surface area contributed by atoms with E-state index in [0.29, 0.717) is 29.6 Å². The summed E-state index contributed by atoms with van der Waals surface area (Å²) in [5.74, 6) is -2.06. The van der Waals surface area contributed by atoms with Crippen molar-refractivity contribution < 1.29 is 37.3 Å². The number of rotatable bonds is 5. The Bertz CT molecular complexity index is 1600. The van der Waals surface area contributed by atoms with E-state index in [2.05, 4.69) is 0 Å². The van der Waals surface area contributed by atoms with E-state index in [4.69, 9.17) is 15.2 Å². The second-order valence-corrected chi connectivity index (χ2v) is 14.2. The van der Waals surface area contributed by atoms with Crippen molar-refractivity contribution in [1.29, 1.82) is 0 Å². The zero-order valence-electron chi connectivity index (χ0n) is 24.4. The molecule has 234 valence electrons. The maximum atomic E-state index is 17.6. The number of ether oxygens (including phenoxy) is 2. The van der Waals surface area contributed by atoms with E-state index in [0.717, 1.165) is 11.6 Å². The maximum absolute atomic E-state index is 17.6. The second kappa shape index (κ2) is 10.1. The zero-order valence-corrected chi connectivity index (χ0v) is 25.2. The lowest BCUT2D eigenvalue weighted by Gasteiger charge is -2.63. The van der Waals surface area contributed by atoms with Crippen molar-refractivity contribution in [2.75, 3.05) is 11.7 Å². The minimum absolute atomic E-state index is 0.0265. The van der Waals surface area contributed by atoms with Crippen LogP contribution in [0.3, 0.4) is 0 Å². The summed E-state index contributed by atoms with van der Waals surface area (Å²) in [6.45, 7) is 3.82. The van der Waals surface area contributed by atoms with Gasteiger partial charge in [0.15, 0.2) is 23.3 Å². The third-order valence-corrected chi connectivity index (χ3v) is 11.9.